The van der Waals surface area contributed by atoms with E-state index in [1.807, 2.05) is 19.9 Å². The first-order valence-electron chi connectivity index (χ1n) is 5.89. The minimum Gasteiger partial charge on any atom is -0.298 e. The molecule has 0 N–H and O–H groups in total. The maximum atomic E-state index is 12.0. The molecule has 0 aromatic heterocycles. The SMILES string of the molecule is C=CCCCC(=O)C(C)(C)N(CC)CC. The van der Waals surface area contributed by atoms with Crippen LogP contribution in [-0.2, 0) is 4.79 Å². The molecular formula is C13H25NO. The van der Waals surface area contributed by atoms with Gasteiger partial charge in [0.2, 0.25) is 0 Å². The van der Waals surface area contributed by atoms with Crippen LogP contribution in [-0.4, -0.2) is 29.3 Å². The molecule has 0 aliphatic heterocycles. The summed E-state index contributed by atoms with van der Waals surface area (Å²) in [6, 6.07) is 0. The number of likely N-dealkylation sites (N-methyl/N-ethyl adjacent to an activating group) is 1. The molecule has 0 unspecified atom stereocenters. The van der Waals surface area contributed by atoms with E-state index >= 15 is 0 Å². The number of rotatable bonds is 8. The van der Waals surface area contributed by atoms with Gasteiger partial charge in [0.15, 0.2) is 5.78 Å². The van der Waals surface area contributed by atoms with Crippen molar-refractivity contribution in [2.24, 2.45) is 0 Å². The smallest absolute Gasteiger partial charge is 0.152 e. The Morgan fingerprint density at radius 2 is 1.87 bits per heavy atom. The van der Waals surface area contributed by atoms with Crippen LogP contribution in [0.25, 0.3) is 0 Å². The lowest BCUT2D eigenvalue weighted by molar-refractivity contribution is -0.129. The second-order valence-corrected chi connectivity index (χ2v) is 4.34. The van der Waals surface area contributed by atoms with Gasteiger partial charge in [0, 0.05) is 6.42 Å². The molecule has 88 valence electrons. The molecular weight excluding hydrogens is 186 g/mol. The molecule has 0 bridgehead atoms. The number of carbonyl (C=O) groups is 1. The van der Waals surface area contributed by atoms with Crippen molar-refractivity contribution in [2.45, 2.75) is 52.5 Å². The minimum atomic E-state index is -0.315. The van der Waals surface area contributed by atoms with Crippen molar-refractivity contribution in [1.29, 1.82) is 0 Å². The van der Waals surface area contributed by atoms with E-state index in [-0.39, 0.29) is 5.54 Å². The monoisotopic (exact) mass is 211 g/mol. The second-order valence-electron chi connectivity index (χ2n) is 4.34. The minimum absolute atomic E-state index is 0.315. The summed E-state index contributed by atoms with van der Waals surface area (Å²) in [5, 5.41) is 0. The molecule has 0 rings (SSSR count). The Hall–Kier alpha value is -0.630. The maximum Gasteiger partial charge on any atom is 0.152 e. The largest absolute Gasteiger partial charge is 0.298 e. The van der Waals surface area contributed by atoms with E-state index in [2.05, 4.69) is 25.3 Å². The first kappa shape index (κ1) is 14.4. The van der Waals surface area contributed by atoms with Crippen molar-refractivity contribution >= 4 is 5.78 Å². The summed E-state index contributed by atoms with van der Waals surface area (Å²) < 4.78 is 0. The third-order valence-electron chi connectivity index (χ3n) is 3.05. The lowest BCUT2D eigenvalue weighted by Gasteiger charge is -2.35. The fraction of sp³-hybridized carbons (Fsp3) is 0.769. The first-order chi connectivity index (χ1) is 7.00. The molecule has 0 saturated carbocycles. The molecule has 0 radical (unpaired) electrons. The van der Waals surface area contributed by atoms with Crippen molar-refractivity contribution in [3.05, 3.63) is 12.7 Å². The fourth-order valence-electron chi connectivity index (χ4n) is 1.90. The number of ketones is 1. The van der Waals surface area contributed by atoms with Crippen LogP contribution in [0.5, 0.6) is 0 Å². The lowest BCUT2D eigenvalue weighted by Crippen LogP contribution is -2.49. The molecule has 0 aliphatic rings. The molecule has 0 spiro atoms. The average Bonchev–Trinajstić information content (AvgIpc) is 2.19. The average molecular weight is 211 g/mol. The molecule has 0 saturated heterocycles. The molecule has 2 heteroatoms. The van der Waals surface area contributed by atoms with Gasteiger partial charge in [-0.15, -0.1) is 6.58 Å². The van der Waals surface area contributed by atoms with Gasteiger partial charge in [-0.1, -0.05) is 19.9 Å². The van der Waals surface area contributed by atoms with Gasteiger partial charge in [0.1, 0.15) is 0 Å². The van der Waals surface area contributed by atoms with E-state index in [9.17, 15) is 4.79 Å². The fourth-order valence-corrected chi connectivity index (χ4v) is 1.90. The van der Waals surface area contributed by atoms with Crippen LogP contribution < -0.4 is 0 Å². The number of hydrogen-bond acceptors (Lipinski definition) is 2. The van der Waals surface area contributed by atoms with Crippen LogP contribution in [0.2, 0.25) is 0 Å². The van der Waals surface area contributed by atoms with Crippen LogP contribution in [0, 0.1) is 0 Å². The topological polar surface area (TPSA) is 20.3 Å². The summed E-state index contributed by atoms with van der Waals surface area (Å²) in [4.78, 5) is 14.2. The van der Waals surface area contributed by atoms with Gasteiger partial charge < -0.3 is 0 Å². The van der Waals surface area contributed by atoms with E-state index in [1.165, 1.54) is 0 Å². The van der Waals surface area contributed by atoms with Gasteiger partial charge in [-0.3, -0.25) is 9.69 Å². The number of carbonyl (C=O) groups excluding carboxylic acids is 1. The Morgan fingerprint density at radius 3 is 2.27 bits per heavy atom. The standard InChI is InChI=1S/C13H25NO/c1-6-9-10-11-12(15)13(4,5)14(7-2)8-3/h6H,1,7-11H2,2-5H3. The van der Waals surface area contributed by atoms with Gasteiger partial charge >= 0.3 is 0 Å². The van der Waals surface area contributed by atoms with Crippen molar-refractivity contribution < 1.29 is 4.79 Å². The van der Waals surface area contributed by atoms with E-state index in [0.717, 1.165) is 25.9 Å². The molecule has 0 amide bonds. The van der Waals surface area contributed by atoms with Gasteiger partial charge in [0.25, 0.3) is 0 Å². The van der Waals surface area contributed by atoms with Gasteiger partial charge in [-0.05, 0) is 39.8 Å². The van der Waals surface area contributed by atoms with Gasteiger partial charge in [-0.25, -0.2) is 0 Å². The highest BCUT2D eigenvalue weighted by Crippen LogP contribution is 2.18. The predicted molar refractivity (Wildman–Crippen MR) is 66.1 cm³/mol. The highest BCUT2D eigenvalue weighted by molar-refractivity contribution is 5.87. The summed E-state index contributed by atoms with van der Waals surface area (Å²) in [7, 11) is 0. The normalized spacial score (nSPS) is 11.8. The lowest BCUT2D eigenvalue weighted by atomic mass is 9.92. The van der Waals surface area contributed by atoms with Crippen LogP contribution in [0.4, 0.5) is 0 Å². The Balaban J connectivity index is 4.29. The van der Waals surface area contributed by atoms with Crippen molar-refractivity contribution in [3.63, 3.8) is 0 Å². The zero-order chi connectivity index (χ0) is 11.9. The van der Waals surface area contributed by atoms with Crippen LogP contribution in [0.1, 0.15) is 47.0 Å². The van der Waals surface area contributed by atoms with Gasteiger partial charge in [0.05, 0.1) is 5.54 Å². The van der Waals surface area contributed by atoms with E-state index in [0.29, 0.717) is 12.2 Å². The third-order valence-corrected chi connectivity index (χ3v) is 3.05. The quantitative estimate of drug-likeness (QED) is 0.454. The zero-order valence-corrected chi connectivity index (χ0v) is 10.7. The highest BCUT2D eigenvalue weighted by atomic mass is 16.1. The summed E-state index contributed by atoms with van der Waals surface area (Å²) in [6.07, 6.45) is 4.39. The van der Waals surface area contributed by atoms with E-state index in [4.69, 9.17) is 0 Å². The molecule has 2 nitrogen and oxygen atoms in total. The summed E-state index contributed by atoms with van der Waals surface area (Å²) in [6.45, 7) is 13.8. The predicted octanol–water partition coefficient (Wildman–Crippen LogP) is 3.03. The van der Waals surface area contributed by atoms with Crippen molar-refractivity contribution in [3.8, 4) is 0 Å². The Morgan fingerprint density at radius 1 is 1.33 bits per heavy atom. The second kappa shape index (κ2) is 6.78. The summed E-state index contributed by atoms with van der Waals surface area (Å²) in [5.74, 6) is 0.341. The van der Waals surface area contributed by atoms with Crippen molar-refractivity contribution in [2.75, 3.05) is 13.1 Å². The molecule has 0 aromatic rings. The van der Waals surface area contributed by atoms with Crippen molar-refractivity contribution in [1.82, 2.24) is 4.90 Å². The third kappa shape index (κ3) is 4.17. The Labute approximate surface area is 94.4 Å². The first-order valence-corrected chi connectivity index (χ1v) is 5.89. The molecule has 0 aromatic carbocycles. The van der Waals surface area contributed by atoms with Gasteiger partial charge in [-0.2, -0.15) is 0 Å². The molecule has 0 fully saturated rings. The number of hydrogen-bond donors (Lipinski definition) is 0. The molecule has 0 atom stereocenters. The van der Waals surface area contributed by atoms with Crippen LogP contribution >= 0.6 is 0 Å². The number of allylic oxidation sites excluding steroid dienone is 1. The molecule has 15 heavy (non-hydrogen) atoms. The zero-order valence-electron chi connectivity index (χ0n) is 10.7. The molecule has 0 heterocycles. The van der Waals surface area contributed by atoms with E-state index in [1.54, 1.807) is 0 Å². The van der Waals surface area contributed by atoms with E-state index < -0.39 is 0 Å². The van der Waals surface area contributed by atoms with Crippen LogP contribution in [0.3, 0.4) is 0 Å². The van der Waals surface area contributed by atoms with Crippen LogP contribution in [0.15, 0.2) is 12.7 Å². The number of unbranched alkanes of at least 4 members (excludes halogenated alkanes) is 1. The maximum absolute atomic E-state index is 12.0. The summed E-state index contributed by atoms with van der Waals surface area (Å²) in [5.41, 5.74) is -0.315. The number of Topliss-reactive ketones (excluding diaryl/α,β-unsaturated/α-hetero) is 1. The highest BCUT2D eigenvalue weighted by Gasteiger charge is 2.31. The Kier molecular flexibility index (Phi) is 6.50. The summed E-state index contributed by atoms with van der Waals surface area (Å²) >= 11 is 0. The molecule has 0 aliphatic carbocycles. The Bertz CT molecular complexity index is 205. The number of nitrogens with zero attached hydrogens (tertiary/aromatic N) is 1.